The lowest BCUT2D eigenvalue weighted by Crippen LogP contribution is -2.29. The van der Waals surface area contributed by atoms with Crippen LogP contribution in [0.5, 0.6) is 0 Å². The second-order valence-electron chi connectivity index (χ2n) is 5.90. The topological polar surface area (TPSA) is 91.3 Å². The van der Waals surface area contributed by atoms with Crippen LogP contribution in [0.25, 0.3) is 0 Å². The molecule has 0 N–H and O–H groups in total. The minimum absolute atomic E-state index is 0.130. The summed E-state index contributed by atoms with van der Waals surface area (Å²) in [4.78, 5) is 40.1. The first-order chi connectivity index (χ1) is 11.7. The van der Waals surface area contributed by atoms with Crippen molar-refractivity contribution >= 4 is 40.5 Å². The first-order valence-electron chi connectivity index (χ1n) is 7.87. The smallest absolute Gasteiger partial charge is 0.341 e. The Morgan fingerprint density at radius 2 is 1.72 bits per heavy atom. The van der Waals surface area contributed by atoms with Crippen LogP contribution >= 0.6 is 11.3 Å². The third kappa shape index (κ3) is 6.66. The number of carbonyl (C=O) groups excluding carboxylic acids is 3. The van der Waals surface area contributed by atoms with E-state index in [4.69, 9.17) is 14.2 Å². The van der Waals surface area contributed by atoms with Gasteiger partial charge in [0.1, 0.15) is 10.6 Å². The standard InChI is InChI=1S/C17H23NO6S/c1-6-22-14(19)12(15(20)23-7-2)10-18-13-11(8-9-25-13)16(21)24-17(3,4)5/h8-10,12H,6-7H2,1-5H3. The monoisotopic (exact) mass is 369 g/mol. The molecule has 0 atom stereocenters. The van der Waals surface area contributed by atoms with Crippen molar-refractivity contribution in [1.82, 2.24) is 0 Å². The lowest BCUT2D eigenvalue weighted by Gasteiger charge is -2.19. The van der Waals surface area contributed by atoms with Gasteiger partial charge >= 0.3 is 17.9 Å². The van der Waals surface area contributed by atoms with E-state index in [2.05, 4.69) is 4.99 Å². The molecule has 25 heavy (non-hydrogen) atoms. The first kappa shape index (κ1) is 20.8. The summed E-state index contributed by atoms with van der Waals surface area (Å²) in [6.07, 6.45) is 1.13. The van der Waals surface area contributed by atoms with E-state index in [1.807, 2.05) is 0 Å². The molecule has 0 aliphatic heterocycles. The van der Waals surface area contributed by atoms with Gasteiger partial charge in [-0.1, -0.05) is 0 Å². The van der Waals surface area contributed by atoms with Crippen molar-refractivity contribution in [2.24, 2.45) is 10.9 Å². The zero-order valence-electron chi connectivity index (χ0n) is 15.0. The Morgan fingerprint density at radius 1 is 1.16 bits per heavy atom. The minimum Gasteiger partial charge on any atom is -0.465 e. The van der Waals surface area contributed by atoms with Gasteiger partial charge in [0, 0.05) is 6.21 Å². The molecule has 0 fully saturated rings. The summed E-state index contributed by atoms with van der Waals surface area (Å²) in [6.45, 7) is 8.82. The number of rotatable bonds is 7. The normalized spacial score (nSPS) is 11.6. The highest BCUT2D eigenvalue weighted by Gasteiger charge is 2.28. The van der Waals surface area contributed by atoms with Crippen molar-refractivity contribution in [2.75, 3.05) is 13.2 Å². The summed E-state index contributed by atoms with van der Waals surface area (Å²) in [6, 6.07) is 1.58. The predicted octanol–water partition coefficient (Wildman–Crippen LogP) is 3.15. The van der Waals surface area contributed by atoms with E-state index in [1.165, 1.54) is 11.3 Å². The number of hydrogen-bond donors (Lipinski definition) is 0. The molecular formula is C17H23NO6S. The zero-order chi connectivity index (χ0) is 19.0. The van der Waals surface area contributed by atoms with Gasteiger partial charge in [-0.25, -0.2) is 9.79 Å². The molecule has 0 radical (unpaired) electrons. The molecule has 1 rings (SSSR count). The largest absolute Gasteiger partial charge is 0.465 e. The molecule has 0 aliphatic carbocycles. The van der Waals surface area contributed by atoms with E-state index in [-0.39, 0.29) is 18.8 Å². The zero-order valence-corrected chi connectivity index (χ0v) is 15.8. The molecular weight excluding hydrogens is 346 g/mol. The Morgan fingerprint density at radius 3 is 2.20 bits per heavy atom. The molecule has 0 aliphatic rings. The van der Waals surface area contributed by atoms with Crippen molar-refractivity contribution in [3.05, 3.63) is 17.0 Å². The Labute approximate surface area is 151 Å². The molecule has 1 aromatic heterocycles. The van der Waals surface area contributed by atoms with E-state index in [9.17, 15) is 14.4 Å². The molecule has 0 saturated carbocycles. The Hall–Kier alpha value is -2.22. The maximum atomic E-state index is 12.2. The fourth-order valence-electron chi connectivity index (χ4n) is 1.71. The molecule has 0 aromatic carbocycles. The molecule has 1 heterocycles. The third-order valence-electron chi connectivity index (χ3n) is 2.69. The maximum absolute atomic E-state index is 12.2. The van der Waals surface area contributed by atoms with Crippen LogP contribution < -0.4 is 0 Å². The predicted molar refractivity (Wildman–Crippen MR) is 94.4 cm³/mol. The Kier molecular flexibility index (Phi) is 7.76. The number of carbonyl (C=O) groups is 3. The van der Waals surface area contributed by atoms with Crippen LogP contribution in [0.2, 0.25) is 0 Å². The van der Waals surface area contributed by atoms with Crippen LogP contribution in [-0.4, -0.2) is 42.9 Å². The highest BCUT2D eigenvalue weighted by Crippen LogP contribution is 2.28. The lowest BCUT2D eigenvalue weighted by atomic mass is 10.1. The van der Waals surface area contributed by atoms with Gasteiger partial charge in [-0.15, -0.1) is 11.3 Å². The molecule has 0 amide bonds. The van der Waals surface area contributed by atoms with E-state index in [0.29, 0.717) is 5.00 Å². The molecule has 138 valence electrons. The van der Waals surface area contributed by atoms with Crippen LogP contribution in [0.1, 0.15) is 45.0 Å². The summed E-state index contributed by atoms with van der Waals surface area (Å²) in [5, 5.41) is 2.02. The number of thiophene rings is 1. The summed E-state index contributed by atoms with van der Waals surface area (Å²) < 4.78 is 15.0. The minimum atomic E-state index is -1.28. The number of esters is 3. The van der Waals surface area contributed by atoms with Crippen LogP contribution in [0.15, 0.2) is 16.4 Å². The van der Waals surface area contributed by atoms with Crippen LogP contribution in [0.3, 0.4) is 0 Å². The van der Waals surface area contributed by atoms with Crippen LogP contribution in [0, 0.1) is 5.92 Å². The molecule has 0 spiro atoms. The Bertz CT molecular complexity index is 626. The van der Waals surface area contributed by atoms with Crippen LogP contribution in [0.4, 0.5) is 5.00 Å². The van der Waals surface area contributed by atoms with Gasteiger partial charge in [-0.05, 0) is 46.1 Å². The summed E-state index contributed by atoms with van der Waals surface area (Å²) in [5.41, 5.74) is -0.374. The highest BCUT2D eigenvalue weighted by atomic mass is 32.1. The summed E-state index contributed by atoms with van der Waals surface area (Å²) in [7, 11) is 0. The quantitative estimate of drug-likeness (QED) is 0.317. The van der Waals surface area contributed by atoms with Crippen molar-refractivity contribution in [1.29, 1.82) is 0 Å². The Balaban J connectivity index is 3.01. The van der Waals surface area contributed by atoms with Gasteiger partial charge in [0.25, 0.3) is 0 Å². The van der Waals surface area contributed by atoms with Crippen LogP contribution in [-0.2, 0) is 23.8 Å². The third-order valence-corrected chi connectivity index (χ3v) is 3.51. The van der Waals surface area contributed by atoms with Crippen molar-refractivity contribution < 1.29 is 28.6 Å². The number of ether oxygens (including phenoxy) is 3. The van der Waals surface area contributed by atoms with E-state index in [0.717, 1.165) is 6.21 Å². The average molecular weight is 369 g/mol. The number of hydrogen-bond acceptors (Lipinski definition) is 8. The first-order valence-corrected chi connectivity index (χ1v) is 8.75. The van der Waals surface area contributed by atoms with Gasteiger partial charge in [-0.3, -0.25) is 9.59 Å². The molecule has 0 bridgehead atoms. The summed E-state index contributed by atoms with van der Waals surface area (Å²) >= 11 is 1.19. The second-order valence-corrected chi connectivity index (χ2v) is 6.80. The van der Waals surface area contributed by atoms with Crippen molar-refractivity contribution in [2.45, 2.75) is 40.2 Å². The molecule has 7 nitrogen and oxygen atoms in total. The van der Waals surface area contributed by atoms with Gasteiger partial charge < -0.3 is 14.2 Å². The fourth-order valence-corrected chi connectivity index (χ4v) is 2.45. The molecule has 8 heteroatoms. The maximum Gasteiger partial charge on any atom is 0.341 e. The lowest BCUT2D eigenvalue weighted by molar-refractivity contribution is -0.157. The molecule has 0 unspecified atom stereocenters. The SMILES string of the molecule is CCOC(=O)C(C=Nc1sccc1C(=O)OC(C)(C)C)C(=O)OCC. The molecule has 0 saturated heterocycles. The van der Waals surface area contributed by atoms with Gasteiger partial charge in [-0.2, -0.15) is 0 Å². The number of nitrogens with zero attached hydrogens (tertiary/aromatic N) is 1. The molecule has 1 aromatic rings. The van der Waals surface area contributed by atoms with Crippen molar-refractivity contribution in [3.63, 3.8) is 0 Å². The van der Waals surface area contributed by atoms with Crippen molar-refractivity contribution in [3.8, 4) is 0 Å². The summed E-state index contributed by atoms with van der Waals surface area (Å²) in [5.74, 6) is -3.31. The number of aliphatic imine (C=N–C) groups is 1. The van der Waals surface area contributed by atoms with E-state index >= 15 is 0 Å². The second kappa shape index (κ2) is 9.31. The van der Waals surface area contributed by atoms with E-state index in [1.54, 1.807) is 46.1 Å². The van der Waals surface area contributed by atoms with E-state index < -0.39 is 29.4 Å². The highest BCUT2D eigenvalue weighted by molar-refractivity contribution is 7.14. The van der Waals surface area contributed by atoms with Gasteiger partial charge in [0.2, 0.25) is 0 Å². The van der Waals surface area contributed by atoms with Gasteiger partial charge in [0.15, 0.2) is 5.92 Å². The average Bonchev–Trinajstić information content (AvgIpc) is 2.95. The van der Waals surface area contributed by atoms with Gasteiger partial charge in [0.05, 0.1) is 18.8 Å². The fraction of sp³-hybridized carbons (Fsp3) is 0.529.